The van der Waals surface area contributed by atoms with E-state index in [4.69, 9.17) is 10.8 Å². The lowest BCUT2D eigenvalue weighted by molar-refractivity contribution is -0.137. The van der Waals surface area contributed by atoms with Crippen molar-refractivity contribution >= 4 is 16.2 Å². The predicted molar refractivity (Wildman–Crippen MR) is 50.9 cm³/mol. The van der Waals surface area contributed by atoms with Crippen LogP contribution in [0.2, 0.25) is 0 Å². The van der Waals surface area contributed by atoms with Crippen molar-refractivity contribution in [2.45, 2.75) is 6.42 Å². The second kappa shape index (κ2) is 5.91. The lowest BCUT2D eigenvalue weighted by Crippen LogP contribution is -2.41. The molecule has 0 unspecified atom stereocenters. The molecule has 0 heterocycles. The first-order valence-electron chi connectivity index (χ1n) is 4.03. The monoisotopic (exact) mass is 225 g/mol. The van der Waals surface area contributed by atoms with Gasteiger partial charge in [-0.15, -0.1) is 0 Å². The second-order valence-electron chi connectivity index (χ2n) is 2.65. The summed E-state index contributed by atoms with van der Waals surface area (Å²) in [5.41, 5.74) is 5.12. The minimum Gasteiger partial charge on any atom is -0.481 e. The molecule has 0 aliphatic heterocycles. The standard InChI is InChI=1S/C6H15N3O4S/c1-9(5-2-6(10)11)14(12,13)8-4-3-7/h8H,2-5,7H2,1H3,(H,10,11). The average Bonchev–Trinajstić information content (AvgIpc) is 2.10. The van der Waals surface area contributed by atoms with Crippen LogP contribution in [0.5, 0.6) is 0 Å². The topological polar surface area (TPSA) is 113 Å². The van der Waals surface area contributed by atoms with Crippen molar-refractivity contribution in [3.8, 4) is 0 Å². The first kappa shape index (κ1) is 13.3. The molecule has 0 aliphatic carbocycles. The summed E-state index contributed by atoms with van der Waals surface area (Å²) in [4.78, 5) is 10.2. The maximum absolute atomic E-state index is 11.3. The van der Waals surface area contributed by atoms with Gasteiger partial charge in [0.2, 0.25) is 0 Å². The lowest BCUT2D eigenvalue weighted by Gasteiger charge is -2.16. The molecule has 0 fully saturated rings. The number of nitrogens with zero attached hydrogens (tertiary/aromatic N) is 1. The van der Waals surface area contributed by atoms with E-state index in [0.29, 0.717) is 0 Å². The molecule has 0 radical (unpaired) electrons. The van der Waals surface area contributed by atoms with Crippen LogP contribution >= 0.6 is 0 Å². The number of nitrogens with two attached hydrogens (primary N) is 1. The zero-order chi connectivity index (χ0) is 11.2. The molecule has 0 aromatic heterocycles. The van der Waals surface area contributed by atoms with Crippen LogP contribution in [-0.4, -0.2) is 50.5 Å². The summed E-state index contributed by atoms with van der Waals surface area (Å²) in [6.07, 6.45) is -0.222. The Morgan fingerprint density at radius 1 is 1.57 bits per heavy atom. The van der Waals surface area contributed by atoms with Crippen molar-refractivity contribution in [3.05, 3.63) is 0 Å². The van der Waals surface area contributed by atoms with Crippen molar-refractivity contribution in [3.63, 3.8) is 0 Å². The third kappa shape index (κ3) is 5.12. The summed E-state index contributed by atoms with van der Waals surface area (Å²) in [5, 5.41) is 8.34. The van der Waals surface area contributed by atoms with Crippen molar-refractivity contribution in [1.82, 2.24) is 9.03 Å². The van der Waals surface area contributed by atoms with Crippen LogP contribution in [0.4, 0.5) is 0 Å². The number of nitrogens with one attached hydrogen (secondary N) is 1. The molecule has 4 N–H and O–H groups in total. The fraction of sp³-hybridized carbons (Fsp3) is 0.833. The molecule has 0 aromatic carbocycles. The molecule has 7 nitrogen and oxygen atoms in total. The van der Waals surface area contributed by atoms with Gasteiger partial charge in [0.25, 0.3) is 10.2 Å². The van der Waals surface area contributed by atoms with E-state index >= 15 is 0 Å². The third-order valence-corrected chi connectivity index (χ3v) is 3.05. The normalized spacial score (nSPS) is 11.9. The summed E-state index contributed by atoms with van der Waals surface area (Å²) in [5.74, 6) is -1.04. The first-order chi connectivity index (χ1) is 6.40. The molecule has 0 amide bonds. The van der Waals surface area contributed by atoms with Gasteiger partial charge in [-0.2, -0.15) is 12.7 Å². The van der Waals surface area contributed by atoms with Gasteiger partial charge in [0.15, 0.2) is 0 Å². The molecule has 0 aliphatic rings. The number of carboxylic acids is 1. The van der Waals surface area contributed by atoms with Gasteiger partial charge in [0.1, 0.15) is 0 Å². The van der Waals surface area contributed by atoms with Gasteiger partial charge in [0.05, 0.1) is 6.42 Å². The average molecular weight is 225 g/mol. The molecule has 0 saturated carbocycles. The summed E-state index contributed by atoms with van der Waals surface area (Å²) >= 11 is 0. The van der Waals surface area contributed by atoms with Crippen molar-refractivity contribution in [2.75, 3.05) is 26.7 Å². The number of hydrogen-bond donors (Lipinski definition) is 3. The van der Waals surface area contributed by atoms with E-state index in [2.05, 4.69) is 4.72 Å². The van der Waals surface area contributed by atoms with Gasteiger partial charge in [0, 0.05) is 26.7 Å². The zero-order valence-electron chi connectivity index (χ0n) is 7.93. The summed E-state index contributed by atoms with van der Waals surface area (Å²) in [6, 6.07) is 0. The Labute approximate surface area is 83.1 Å². The first-order valence-corrected chi connectivity index (χ1v) is 5.47. The number of rotatable bonds is 7. The van der Waals surface area contributed by atoms with Crippen LogP contribution in [0, 0.1) is 0 Å². The van der Waals surface area contributed by atoms with Gasteiger partial charge >= 0.3 is 5.97 Å². The van der Waals surface area contributed by atoms with E-state index in [-0.39, 0.29) is 26.1 Å². The summed E-state index contributed by atoms with van der Waals surface area (Å²) in [7, 11) is -2.27. The predicted octanol–water partition coefficient (Wildman–Crippen LogP) is -1.81. The second-order valence-corrected chi connectivity index (χ2v) is 4.52. The van der Waals surface area contributed by atoms with E-state index in [1.165, 1.54) is 7.05 Å². The fourth-order valence-corrected chi connectivity index (χ4v) is 1.60. The molecular formula is C6H15N3O4S. The largest absolute Gasteiger partial charge is 0.481 e. The molecule has 84 valence electrons. The van der Waals surface area contributed by atoms with Crippen molar-refractivity contribution in [2.24, 2.45) is 5.73 Å². The Morgan fingerprint density at radius 2 is 2.14 bits per heavy atom. The highest BCUT2D eigenvalue weighted by Gasteiger charge is 2.16. The van der Waals surface area contributed by atoms with Gasteiger partial charge in [-0.25, -0.2) is 4.72 Å². The molecule has 0 bridgehead atoms. The molecule has 0 atom stereocenters. The zero-order valence-corrected chi connectivity index (χ0v) is 8.75. The SMILES string of the molecule is CN(CCC(=O)O)S(=O)(=O)NCCN. The number of carboxylic acid groups (broad SMARTS) is 1. The molecule has 0 aromatic rings. The molecule has 0 rings (SSSR count). The van der Waals surface area contributed by atoms with Gasteiger partial charge in [-0.3, -0.25) is 4.79 Å². The highest BCUT2D eigenvalue weighted by molar-refractivity contribution is 7.87. The van der Waals surface area contributed by atoms with Crippen LogP contribution < -0.4 is 10.5 Å². The maximum Gasteiger partial charge on any atom is 0.304 e. The van der Waals surface area contributed by atoms with E-state index in [9.17, 15) is 13.2 Å². The Bertz CT molecular complexity index is 277. The summed E-state index contributed by atoms with van der Waals surface area (Å²) < 4.78 is 25.7. The van der Waals surface area contributed by atoms with E-state index in [1.54, 1.807) is 0 Å². The van der Waals surface area contributed by atoms with Crippen LogP contribution in [0.15, 0.2) is 0 Å². The van der Waals surface area contributed by atoms with Gasteiger partial charge in [-0.1, -0.05) is 0 Å². The maximum atomic E-state index is 11.3. The quantitative estimate of drug-likeness (QED) is 0.472. The van der Waals surface area contributed by atoms with Crippen LogP contribution in [0.1, 0.15) is 6.42 Å². The van der Waals surface area contributed by atoms with Gasteiger partial charge < -0.3 is 10.8 Å². The van der Waals surface area contributed by atoms with E-state index < -0.39 is 16.2 Å². The third-order valence-electron chi connectivity index (χ3n) is 1.48. The van der Waals surface area contributed by atoms with Gasteiger partial charge in [-0.05, 0) is 0 Å². The Morgan fingerprint density at radius 3 is 2.57 bits per heavy atom. The highest BCUT2D eigenvalue weighted by Crippen LogP contribution is 1.94. The molecular weight excluding hydrogens is 210 g/mol. The number of hydrogen-bond acceptors (Lipinski definition) is 4. The molecule has 0 spiro atoms. The minimum absolute atomic E-state index is 0.0603. The van der Waals surface area contributed by atoms with Crippen LogP contribution in [0.25, 0.3) is 0 Å². The number of carbonyl (C=O) groups is 1. The molecule has 14 heavy (non-hydrogen) atoms. The fourth-order valence-electron chi connectivity index (χ4n) is 0.671. The van der Waals surface area contributed by atoms with Crippen molar-refractivity contribution in [1.29, 1.82) is 0 Å². The van der Waals surface area contributed by atoms with E-state index in [1.807, 2.05) is 0 Å². The van der Waals surface area contributed by atoms with Crippen LogP contribution in [0.3, 0.4) is 0 Å². The minimum atomic E-state index is -3.58. The van der Waals surface area contributed by atoms with E-state index in [0.717, 1.165) is 4.31 Å². The molecule has 8 heteroatoms. The molecule has 0 saturated heterocycles. The Balaban J connectivity index is 4.08. The highest BCUT2D eigenvalue weighted by atomic mass is 32.2. The van der Waals surface area contributed by atoms with Crippen molar-refractivity contribution < 1.29 is 18.3 Å². The summed E-state index contributed by atoms with van der Waals surface area (Å²) in [6.45, 7) is 0.279. The number of aliphatic carboxylic acids is 1. The smallest absolute Gasteiger partial charge is 0.304 e. The Hall–Kier alpha value is -0.700. The van der Waals surface area contributed by atoms with Crippen LogP contribution in [-0.2, 0) is 15.0 Å². The lowest BCUT2D eigenvalue weighted by atomic mass is 10.4. The Kier molecular flexibility index (Phi) is 5.62.